The zero-order chi connectivity index (χ0) is 45.1. The average Bonchev–Trinajstić information content (AvgIpc) is 3.28. The zero-order valence-electron chi connectivity index (χ0n) is 34.8. The van der Waals surface area contributed by atoms with Crippen LogP contribution in [0, 0.1) is 5.41 Å². The van der Waals surface area contributed by atoms with Crippen LogP contribution in [0.15, 0.2) is 152 Å². The molecule has 5 aromatic rings. The molecular formula is C48H51N3O12. The van der Waals surface area contributed by atoms with Crippen molar-refractivity contribution >= 4 is 36.2 Å². The van der Waals surface area contributed by atoms with E-state index in [4.69, 9.17) is 23.7 Å². The predicted molar refractivity (Wildman–Crippen MR) is 233 cm³/mol. The molecule has 5 rings (SSSR count). The lowest BCUT2D eigenvalue weighted by Crippen LogP contribution is -2.45. The molecule has 0 aliphatic rings. The first-order valence-corrected chi connectivity index (χ1v) is 20.3. The fourth-order valence-corrected chi connectivity index (χ4v) is 5.64. The molecule has 0 aliphatic carbocycles. The van der Waals surface area contributed by atoms with Gasteiger partial charge in [-0.05, 0) is 79.9 Å². The molecule has 0 saturated heterocycles. The molecule has 0 fully saturated rings. The quantitative estimate of drug-likeness (QED) is 0.0329. The van der Waals surface area contributed by atoms with Gasteiger partial charge < -0.3 is 44.7 Å². The van der Waals surface area contributed by atoms with Gasteiger partial charge in [-0.25, -0.2) is 19.2 Å². The number of carboxylic acids is 1. The number of rotatable bonds is 20. The van der Waals surface area contributed by atoms with Crippen molar-refractivity contribution in [3.63, 3.8) is 0 Å². The van der Waals surface area contributed by atoms with Crippen molar-refractivity contribution < 1.29 is 57.6 Å². The van der Waals surface area contributed by atoms with Gasteiger partial charge in [-0.2, -0.15) is 0 Å². The molecule has 0 bridgehead atoms. The number of esters is 2. The van der Waals surface area contributed by atoms with Crippen LogP contribution in [-0.4, -0.2) is 60.4 Å². The molecule has 3 amide bonds. The Morgan fingerprint density at radius 3 is 1.21 bits per heavy atom. The second-order valence-electron chi connectivity index (χ2n) is 14.3. The Hall–Kier alpha value is -7.68. The summed E-state index contributed by atoms with van der Waals surface area (Å²) in [5, 5.41) is 17.0. The van der Waals surface area contributed by atoms with E-state index < -0.39 is 41.7 Å². The summed E-state index contributed by atoms with van der Waals surface area (Å²) in [6.07, 6.45) is 0.568. The standard InChI is InChI=1S/C27H28N2O6.C21H23NO6/c1-27(18-17-24(30)33-21-11-5-2-6-12-21,19-28-25(31)34-22-13-7-3-8-14-22)20-29-26(32)35-23-15-9-4-10-16-23;23-19(27-16-10-4-1-5-11-16)15-9-3-8-14-18(20(24)25)22-21(26)28-17-12-6-2-7-13-17/h2-16H,17-20H2,1H3,(H,28,31)(H,29,32);1-2,4-7,10-13,18H,3,8-9,14-15H2,(H,22,26)(H,24,25). The number of amides is 3. The molecule has 0 saturated carbocycles. The first-order chi connectivity index (χ1) is 30.5. The highest BCUT2D eigenvalue weighted by Crippen LogP contribution is 2.23. The minimum Gasteiger partial charge on any atom is -0.480 e. The van der Waals surface area contributed by atoms with Gasteiger partial charge in [0.25, 0.3) is 0 Å². The van der Waals surface area contributed by atoms with Crippen molar-refractivity contribution in [2.24, 2.45) is 5.41 Å². The number of hydrogen-bond donors (Lipinski definition) is 4. The van der Waals surface area contributed by atoms with E-state index in [1.807, 2.05) is 31.2 Å². The number of nitrogens with one attached hydrogen (secondary N) is 3. The summed E-state index contributed by atoms with van der Waals surface area (Å²) >= 11 is 0. The summed E-state index contributed by atoms with van der Waals surface area (Å²) in [7, 11) is 0. The summed E-state index contributed by atoms with van der Waals surface area (Å²) in [5.41, 5.74) is -0.693. The van der Waals surface area contributed by atoms with E-state index in [1.54, 1.807) is 127 Å². The van der Waals surface area contributed by atoms with Gasteiger partial charge >= 0.3 is 36.2 Å². The van der Waals surface area contributed by atoms with Gasteiger partial charge in [0, 0.05) is 31.3 Å². The van der Waals surface area contributed by atoms with Crippen LogP contribution in [0.5, 0.6) is 28.7 Å². The van der Waals surface area contributed by atoms with E-state index in [0.717, 1.165) is 0 Å². The van der Waals surface area contributed by atoms with Crippen LogP contribution in [-0.2, 0) is 14.4 Å². The lowest BCUT2D eigenvalue weighted by atomic mass is 9.85. The van der Waals surface area contributed by atoms with E-state index in [0.29, 0.717) is 54.4 Å². The number of ether oxygens (including phenoxy) is 5. The minimum absolute atomic E-state index is 0.0796. The van der Waals surface area contributed by atoms with Crippen molar-refractivity contribution in [2.45, 2.75) is 57.9 Å². The van der Waals surface area contributed by atoms with Crippen molar-refractivity contribution in [1.82, 2.24) is 16.0 Å². The van der Waals surface area contributed by atoms with Gasteiger partial charge in [0.1, 0.15) is 34.8 Å². The highest BCUT2D eigenvalue weighted by Gasteiger charge is 2.28. The fraction of sp³-hybridized carbons (Fsp3) is 0.250. The van der Waals surface area contributed by atoms with E-state index in [1.165, 1.54) is 0 Å². The van der Waals surface area contributed by atoms with Crippen LogP contribution in [0.4, 0.5) is 14.4 Å². The second kappa shape index (κ2) is 26.5. The van der Waals surface area contributed by atoms with Crippen molar-refractivity contribution in [3.8, 4) is 28.7 Å². The van der Waals surface area contributed by atoms with Gasteiger partial charge in [-0.15, -0.1) is 0 Å². The fourth-order valence-electron chi connectivity index (χ4n) is 5.64. The van der Waals surface area contributed by atoms with E-state index in [-0.39, 0.29) is 38.3 Å². The van der Waals surface area contributed by atoms with Gasteiger partial charge in [0.2, 0.25) is 0 Å². The Kier molecular flexibility index (Phi) is 20.2. The molecule has 330 valence electrons. The molecule has 1 unspecified atom stereocenters. The van der Waals surface area contributed by atoms with Crippen LogP contribution in [0.1, 0.15) is 51.9 Å². The smallest absolute Gasteiger partial charge is 0.413 e. The number of carbonyl (C=O) groups is 6. The molecule has 0 radical (unpaired) electrons. The summed E-state index contributed by atoms with van der Waals surface area (Å²) < 4.78 is 26.1. The minimum atomic E-state index is -1.13. The van der Waals surface area contributed by atoms with Crippen LogP contribution < -0.4 is 39.6 Å². The van der Waals surface area contributed by atoms with E-state index in [2.05, 4.69) is 16.0 Å². The zero-order valence-corrected chi connectivity index (χ0v) is 34.8. The summed E-state index contributed by atoms with van der Waals surface area (Å²) in [5.74, 6) is 0.222. The van der Waals surface area contributed by atoms with Crippen LogP contribution >= 0.6 is 0 Å². The number of unbranched alkanes of at least 4 members (excludes halogenated alkanes) is 2. The largest absolute Gasteiger partial charge is 0.480 e. The Morgan fingerprint density at radius 2 is 0.825 bits per heavy atom. The number of benzene rings is 5. The summed E-state index contributed by atoms with van der Waals surface area (Å²) in [6, 6.07) is 42.2. The normalized spacial score (nSPS) is 10.9. The average molecular weight is 862 g/mol. The Bertz CT molecular complexity index is 2020. The third kappa shape index (κ3) is 20.0. The van der Waals surface area contributed by atoms with E-state index in [9.17, 15) is 33.9 Å². The first-order valence-electron chi connectivity index (χ1n) is 20.3. The highest BCUT2D eigenvalue weighted by atomic mass is 16.6. The molecule has 5 aromatic carbocycles. The molecule has 0 heterocycles. The summed E-state index contributed by atoms with van der Waals surface area (Å²) in [6.45, 7) is 2.13. The molecule has 1 atom stereocenters. The molecule has 63 heavy (non-hydrogen) atoms. The maximum atomic E-state index is 12.4. The van der Waals surface area contributed by atoms with Crippen LogP contribution in [0.3, 0.4) is 0 Å². The van der Waals surface area contributed by atoms with Gasteiger partial charge in [-0.3, -0.25) is 9.59 Å². The van der Waals surface area contributed by atoms with Crippen LogP contribution in [0.2, 0.25) is 0 Å². The lowest BCUT2D eigenvalue weighted by molar-refractivity contribution is -0.139. The maximum Gasteiger partial charge on any atom is 0.413 e. The van der Waals surface area contributed by atoms with Gasteiger partial charge in [-0.1, -0.05) is 111 Å². The van der Waals surface area contributed by atoms with Crippen molar-refractivity contribution in [1.29, 1.82) is 0 Å². The molecule has 0 spiro atoms. The number of carboxylic acid groups (broad SMARTS) is 1. The molecule has 0 aliphatic heterocycles. The Labute approximate surface area is 365 Å². The third-order valence-corrected chi connectivity index (χ3v) is 9.03. The maximum absolute atomic E-state index is 12.4. The Balaban J connectivity index is 0.000000284. The molecule has 15 nitrogen and oxygen atoms in total. The predicted octanol–water partition coefficient (Wildman–Crippen LogP) is 8.74. The summed E-state index contributed by atoms with van der Waals surface area (Å²) in [4.78, 5) is 71.8. The number of para-hydroxylation sites is 5. The lowest BCUT2D eigenvalue weighted by Gasteiger charge is -2.29. The van der Waals surface area contributed by atoms with Gasteiger partial charge in [0.05, 0.1) is 0 Å². The Morgan fingerprint density at radius 1 is 0.476 bits per heavy atom. The van der Waals surface area contributed by atoms with Gasteiger partial charge in [0.15, 0.2) is 0 Å². The van der Waals surface area contributed by atoms with Crippen LogP contribution in [0.25, 0.3) is 0 Å². The molecule has 4 N–H and O–H groups in total. The van der Waals surface area contributed by atoms with Crippen molar-refractivity contribution in [3.05, 3.63) is 152 Å². The number of carbonyl (C=O) groups excluding carboxylic acids is 5. The van der Waals surface area contributed by atoms with Crippen molar-refractivity contribution in [2.75, 3.05) is 13.1 Å². The number of hydrogen-bond acceptors (Lipinski definition) is 11. The molecular weight excluding hydrogens is 811 g/mol. The van der Waals surface area contributed by atoms with E-state index >= 15 is 0 Å². The topological polar surface area (TPSA) is 205 Å². The molecule has 15 heteroatoms. The highest BCUT2D eigenvalue weighted by molar-refractivity contribution is 5.80. The third-order valence-electron chi connectivity index (χ3n) is 9.03. The number of aliphatic carboxylic acids is 1. The first kappa shape index (κ1) is 48.0. The SMILES string of the molecule is CC(CCC(=O)Oc1ccccc1)(CNC(=O)Oc1ccccc1)CNC(=O)Oc1ccccc1.O=C(CCCCCC(NC(=O)Oc1ccccc1)C(=O)O)Oc1ccccc1. The second-order valence-corrected chi connectivity index (χ2v) is 14.3. The monoisotopic (exact) mass is 861 g/mol. The molecule has 0 aromatic heterocycles.